The minimum Gasteiger partial charge on any atom is -0.457 e. The zero-order chi connectivity index (χ0) is 15.0. The van der Waals surface area contributed by atoms with E-state index >= 15 is 0 Å². The van der Waals surface area contributed by atoms with Crippen LogP contribution in [-0.4, -0.2) is 11.5 Å². The van der Waals surface area contributed by atoms with Gasteiger partial charge >= 0.3 is 0 Å². The third kappa shape index (κ3) is 2.71. The number of hydrogen-bond donors (Lipinski definition) is 1. The number of para-hydroxylation sites is 1. The van der Waals surface area contributed by atoms with Gasteiger partial charge in [0.25, 0.3) is 0 Å². The van der Waals surface area contributed by atoms with E-state index in [1.54, 1.807) is 11.3 Å². The molecule has 0 saturated heterocycles. The number of thiazole rings is 1. The largest absolute Gasteiger partial charge is 0.457 e. The maximum atomic E-state index is 6.21. The van der Waals surface area contributed by atoms with Crippen molar-refractivity contribution in [3.63, 3.8) is 0 Å². The summed E-state index contributed by atoms with van der Waals surface area (Å²) in [7, 11) is 0. The lowest BCUT2D eigenvalue weighted by Crippen LogP contribution is -2.21. The highest BCUT2D eigenvalue weighted by molar-refractivity contribution is 7.11. The van der Waals surface area contributed by atoms with Gasteiger partial charge in [0.15, 0.2) is 5.58 Å². The Labute approximate surface area is 133 Å². The number of rotatable bonds is 4. The molecule has 0 amide bonds. The minimum atomic E-state index is 0.0182. The van der Waals surface area contributed by atoms with Crippen LogP contribution in [0.2, 0.25) is 5.02 Å². The molecule has 2 heterocycles. The molecule has 5 heteroatoms. The number of aryl methyl sites for hydroxylation is 2. The fraction of sp³-hybridized carbons (Fsp3) is 0.312. The van der Waals surface area contributed by atoms with Crippen LogP contribution in [0.15, 0.2) is 28.7 Å². The first-order chi connectivity index (χ1) is 10.1. The highest BCUT2D eigenvalue weighted by Gasteiger charge is 2.22. The Kier molecular flexibility index (Phi) is 4.02. The molecule has 3 aromatic rings. The van der Waals surface area contributed by atoms with E-state index in [9.17, 15) is 0 Å². The number of benzene rings is 1. The molecule has 3 nitrogen and oxygen atoms in total. The normalized spacial score (nSPS) is 13.0. The Hall–Kier alpha value is -1.36. The number of hydrogen-bond acceptors (Lipinski definition) is 4. The fourth-order valence-electron chi connectivity index (χ4n) is 2.53. The minimum absolute atomic E-state index is 0.0182. The Morgan fingerprint density at radius 2 is 2.19 bits per heavy atom. The van der Waals surface area contributed by atoms with Gasteiger partial charge in [-0.15, -0.1) is 11.3 Å². The van der Waals surface area contributed by atoms with Crippen molar-refractivity contribution >= 4 is 33.9 Å². The molecule has 0 bridgehead atoms. The van der Waals surface area contributed by atoms with Crippen molar-refractivity contribution in [2.45, 2.75) is 26.8 Å². The van der Waals surface area contributed by atoms with Gasteiger partial charge in [0, 0.05) is 5.39 Å². The second-order valence-corrected chi connectivity index (χ2v) is 6.62. The molecular formula is C16H17ClN2OS. The molecule has 3 rings (SSSR count). The van der Waals surface area contributed by atoms with Crippen molar-refractivity contribution < 1.29 is 4.42 Å². The average Bonchev–Trinajstić information content (AvgIpc) is 3.00. The summed E-state index contributed by atoms with van der Waals surface area (Å²) in [6.45, 7) is 7.01. The molecule has 1 atom stereocenters. The first-order valence-electron chi connectivity index (χ1n) is 6.95. The summed E-state index contributed by atoms with van der Waals surface area (Å²) in [5.74, 6) is 0.881. The average molecular weight is 321 g/mol. The topological polar surface area (TPSA) is 38.1 Å². The molecule has 1 unspecified atom stereocenters. The van der Waals surface area contributed by atoms with E-state index in [4.69, 9.17) is 16.0 Å². The molecule has 1 aromatic carbocycles. The van der Waals surface area contributed by atoms with Gasteiger partial charge in [-0.05, 0) is 32.5 Å². The first-order valence-corrected chi connectivity index (χ1v) is 8.15. The quantitative estimate of drug-likeness (QED) is 0.746. The standard InChI is InChI=1S/C16H17ClN2OS/c1-4-18-14(16-9(2)19-10(3)21-16)13-8-11-6-5-7-12(17)15(11)20-13/h5-8,14,18H,4H2,1-3H3. The third-order valence-corrected chi connectivity index (χ3v) is 4.84. The lowest BCUT2D eigenvalue weighted by atomic mass is 10.1. The summed E-state index contributed by atoms with van der Waals surface area (Å²) >= 11 is 7.91. The van der Waals surface area contributed by atoms with Crippen LogP contribution in [-0.2, 0) is 0 Å². The molecule has 0 aliphatic heterocycles. The Bertz CT molecular complexity index is 778. The van der Waals surface area contributed by atoms with Crippen molar-refractivity contribution in [3.8, 4) is 0 Å². The molecule has 1 N–H and O–H groups in total. The van der Waals surface area contributed by atoms with Gasteiger partial charge in [-0.2, -0.15) is 0 Å². The SMILES string of the molecule is CCNC(c1cc2cccc(Cl)c2o1)c1sc(C)nc1C. The molecule has 21 heavy (non-hydrogen) atoms. The van der Waals surface area contributed by atoms with Gasteiger partial charge in [-0.1, -0.05) is 30.7 Å². The lowest BCUT2D eigenvalue weighted by molar-refractivity contribution is 0.479. The van der Waals surface area contributed by atoms with Crippen molar-refractivity contribution in [2.75, 3.05) is 6.54 Å². The number of nitrogens with zero attached hydrogens (tertiary/aromatic N) is 1. The monoisotopic (exact) mass is 320 g/mol. The number of aromatic nitrogens is 1. The van der Waals surface area contributed by atoms with Gasteiger partial charge in [0.1, 0.15) is 11.8 Å². The third-order valence-electron chi connectivity index (χ3n) is 3.41. The number of furan rings is 1. The van der Waals surface area contributed by atoms with Crippen LogP contribution in [0, 0.1) is 13.8 Å². The van der Waals surface area contributed by atoms with Crippen LogP contribution in [0.25, 0.3) is 11.0 Å². The molecule has 0 saturated carbocycles. The van der Waals surface area contributed by atoms with E-state index in [0.717, 1.165) is 34.0 Å². The predicted octanol–water partition coefficient (Wildman–Crippen LogP) is 4.86. The molecule has 2 aromatic heterocycles. The van der Waals surface area contributed by atoms with Gasteiger partial charge < -0.3 is 9.73 Å². The van der Waals surface area contributed by atoms with Gasteiger partial charge in [0.2, 0.25) is 0 Å². The van der Waals surface area contributed by atoms with E-state index in [1.165, 1.54) is 4.88 Å². The fourth-order valence-corrected chi connectivity index (χ4v) is 3.76. The summed E-state index contributed by atoms with van der Waals surface area (Å²) in [5, 5.41) is 6.22. The Morgan fingerprint density at radius 1 is 1.38 bits per heavy atom. The van der Waals surface area contributed by atoms with Gasteiger partial charge in [-0.3, -0.25) is 0 Å². The van der Waals surface area contributed by atoms with Crippen molar-refractivity contribution in [1.82, 2.24) is 10.3 Å². The Balaban J connectivity index is 2.11. The maximum Gasteiger partial charge on any atom is 0.152 e. The van der Waals surface area contributed by atoms with E-state index in [-0.39, 0.29) is 6.04 Å². The zero-order valence-corrected chi connectivity index (χ0v) is 13.8. The lowest BCUT2D eigenvalue weighted by Gasteiger charge is -2.14. The smallest absolute Gasteiger partial charge is 0.152 e. The number of fused-ring (bicyclic) bond motifs is 1. The van der Waals surface area contributed by atoms with E-state index in [1.807, 2.05) is 32.0 Å². The molecule has 0 spiro atoms. The molecule has 110 valence electrons. The van der Waals surface area contributed by atoms with Crippen LogP contribution in [0.4, 0.5) is 0 Å². The van der Waals surface area contributed by atoms with Gasteiger partial charge in [-0.25, -0.2) is 4.98 Å². The first kappa shape index (κ1) is 14.6. The zero-order valence-electron chi connectivity index (χ0n) is 12.2. The molecular weight excluding hydrogens is 304 g/mol. The van der Waals surface area contributed by atoms with Crippen molar-refractivity contribution in [1.29, 1.82) is 0 Å². The predicted molar refractivity (Wildman–Crippen MR) is 88.3 cm³/mol. The molecule has 0 fully saturated rings. The summed E-state index contributed by atoms with van der Waals surface area (Å²) in [4.78, 5) is 5.72. The molecule has 0 radical (unpaired) electrons. The molecule has 0 aliphatic rings. The van der Waals surface area contributed by atoms with Gasteiger partial charge in [0.05, 0.1) is 20.6 Å². The van der Waals surface area contributed by atoms with Crippen LogP contribution in [0.3, 0.4) is 0 Å². The summed E-state index contributed by atoms with van der Waals surface area (Å²) in [6, 6.07) is 7.88. The van der Waals surface area contributed by atoms with Crippen LogP contribution < -0.4 is 5.32 Å². The van der Waals surface area contributed by atoms with Crippen molar-refractivity contribution in [3.05, 3.63) is 50.6 Å². The summed E-state index contributed by atoms with van der Waals surface area (Å²) < 4.78 is 6.02. The van der Waals surface area contributed by atoms with E-state index in [2.05, 4.69) is 23.3 Å². The summed E-state index contributed by atoms with van der Waals surface area (Å²) in [6.07, 6.45) is 0. The number of halogens is 1. The van der Waals surface area contributed by atoms with E-state index < -0.39 is 0 Å². The van der Waals surface area contributed by atoms with Crippen LogP contribution >= 0.6 is 22.9 Å². The highest BCUT2D eigenvalue weighted by Crippen LogP contribution is 2.35. The maximum absolute atomic E-state index is 6.21. The highest BCUT2D eigenvalue weighted by atomic mass is 35.5. The Morgan fingerprint density at radius 3 is 2.81 bits per heavy atom. The number of nitrogens with one attached hydrogen (secondary N) is 1. The van der Waals surface area contributed by atoms with E-state index in [0.29, 0.717) is 5.02 Å². The molecule has 0 aliphatic carbocycles. The van der Waals surface area contributed by atoms with Crippen LogP contribution in [0.1, 0.15) is 34.3 Å². The summed E-state index contributed by atoms with van der Waals surface area (Å²) in [5.41, 5.74) is 1.80. The van der Waals surface area contributed by atoms with Crippen LogP contribution in [0.5, 0.6) is 0 Å². The second kappa shape index (κ2) is 5.79. The second-order valence-electron chi connectivity index (χ2n) is 4.98. The van der Waals surface area contributed by atoms with Crippen molar-refractivity contribution in [2.24, 2.45) is 0 Å².